The van der Waals surface area contributed by atoms with Crippen LogP contribution in [-0.4, -0.2) is 69.0 Å². The van der Waals surface area contributed by atoms with Crippen LogP contribution < -0.4 is 9.80 Å². The van der Waals surface area contributed by atoms with E-state index in [1.165, 1.54) is 11.8 Å². The number of fused-ring (bicyclic) bond motifs is 2. The van der Waals surface area contributed by atoms with Crippen LogP contribution in [0, 0.1) is 11.8 Å². The van der Waals surface area contributed by atoms with Crippen LogP contribution in [0.25, 0.3) is 0 Å². The molecular formula is C31H32ClN3O4S. The normalized spacial score (nSPS) is 32.0. The summed E-state index contributed by atoms with van der Waals surface area (Å²) in [6.07, 6.45) is 8.42. The van der Waals surface area contributed by atoms with Gasteiger partial charge in [-0.15, -0.1) is 11.8 Å². The fraction of sp³-hybridized carbons (Fsp3) is 0.387. The van der Waals surface area contributed by atoms with Crippen LogP contribution >= 0.6 is 23.4 Å². The van der Waals surface area contributed by atoms with Gasteiger partial charge in [0, 0.05) is 23.5 Å². The number of hydrogen-bond donors (Lipinski definition) is 1. The predicted octanol–water partition coefficient (Wildman–Crippen LogP) is 4.30. The molecule has 40 heavy (non-hydrogen) atoms. The fourth-order valence-corrected chi connectivity index (χ4v) is 9.38. The Hall–Kier alpha value is -3.07. The van der Waals surface area contributed by atoms with Gasteiger partial charge in [0.2, 0.25) is 11.8 Å². The molecule has 0 saturated carbocycles. The van der Waals surface area contributed by atoms with Gasteiger partial charge in [-0.3, -0.25) is 14.4 Å². The van der Waals surface area contributed by atoms with E-state index in [1.807, 2.05) is 80.6 Å². The number of para-hydroxylation sites is 2. The number of benzene rings is 2. The highest BCUT2D eigenvalue weighted by molar-refractivity contribution is 8.02. The smallest absolute Gasteiger partial charge is 0.251 e. The van der Waals surface area contributed by atoms with Crippen LogP contribution in [0.3, 0.4) is 0 Å². The Kier molecular flexibility index (Phi) is 6.84. The SMILES string of the molecule is CC[C@@H](CO)N1C(=O)[C@@H]2[C@@H]3C(=O)N(c4ccccc4)CC=C[C@]3(C)S[C@@]23C=CCN(c2ccccc2Cl)C(=O)C13. The van der Waals surface area contributed by atoms with Crippen molar-refractivity contribution in [3.8, 4) is 0 Å². The predicted molar refractivity (Wildman–Crippen MR) is 158 cm³/mol. The second-order valence-corrected chi connectivity index (χ2v) is 13.2. The highest BCUT2D eigenvalue weighted by Crippen LogP contribution is 2.66. The van der Waals surface area contributed by atoms with Crippen molar-refractivity contribution in [1.82, 2.24) is 4.90 Å². The molecule has 2 saturated heterocycles. The first-order valence-corrected chi connectivity index (χ1v) is 14.9. The van der Waals surface area contributed by atoms with Crippen molar-refractivity contribution in [3.63, 3.8) is 0 Å². The van der Waals surface area contributed by atoms with Crippen LogP contribution in [0.5, 0.6) is 0 Å². The Morgan fingerprint density at radius 3 is 2.30 bits per heavy atom. The monoisotopic (exact) mass is 577 g/mol. The van der Waals surface area contributed by atoms with Gasteiger partial charge in [-0.2, -0.15) is 0 Å². The number of thioether (sulfide) groups is 1. The van der Waals surface area contributed by atoms with Crippen LogP contribution in [0.4, 0.5) is 11.4 Å². The summed E-state index contributed by atoms with van der Waals surface area (Å²) in [7, 11) is 0. The van der Waals surface area contributed by atoms with Crippen molar-refractivity contribution in [3.05, 3.63) is 83.9 Å². The zero-order valence-electron chi connectivity index (χ0n) is 22.4. The number of carbonyl (C=O) groups excluding carboxylic acids is 3. The van der Waals surface area contributed by atoms with E-state index < -0.39 is 33.4 Å². The van der Waals surface area contributed by atoms with Gasteiger partial charge in [-0.1, -0.05) is 73.2 Å². The van der Waals surface area contributed by atoms with E-state index in [0.29, 0.717) is 23.7 Å². The fourth-order valence-electron chi connectivity index (χ4n) is 6.99. The Morgan fingerprint density at radius 1 is 0.925 bits per heavy atom. The summed E-state index contributed by atoms with van der Waals surface area (Å²) < 4.78 is -1.71. The van der Waals surface area contributed by atoms with Crippen molar-refractivity contribution < 1.29 is 19.5 Å². The number of anilines is 2. The Labute approximate surface area is 243 Å². The lowest BCUT2D eigenvalue weighted by Crippen LogP contribution is -2.56. The van der Waals surface area contributed by atoms with E-state index in [9.17, 15) is 19.5 Å². The number of aliphatic hydroxyl groups excluding tert-OH is 1. The average Bonchev–Trinajstić information content (AvgIpc) is 3.22. The molecule has 1 N–H and O–H groups in total. The molecule has 1 spiro atoms. The number of amides is 3. The molecule has 4 aliphatic heterocycles. The molecule has 208 valence electrons. The van der Waals surface area contributed by atoms with E-state index in [0.717, 1.165) is 5.69 Å². The van der Waals surface area contributed by atoms with Gasteiger partial charge < -0.3 is 19.8 Å². The van der Waals surface area contributed by atoms with Crippen molar-refractivity contribution in [2.75, 3.05) is 29.5 Å². The van der Waals surface area contributed by atoms with E-state index in [1.54, 1.807) is 26.8 Å². The van der Waals surface area contributed by atoms with Gasteiger partial charge in [-0.05, 0) is 37.6 Å². The summed E-state index contributed by atoms with van der Waals surface area (Å²) in [6.45, 7) is 4.31. The largest absolute Gasteiger partial charge is 0.394 e. The van der Waals surface area contributed by atoms with Gasteiger partial charge in [0.1, 0.15) is 6.04 Å². The summed E-state index contributed by atoms with van der Waals surface area (Å²) in [6, 6.07) is 15.2. The van der Waals surface area contributed by atoms with Gasteiger partial charge in [0.25, 0.3) is 5.91 Å². The van der Waals surface area contributed by atoms with Crippen LogP contribution in [-0.2, 0) is 14.4 Å². The third-order valence-corrected chi connectivity index (χ3v) is 10.9. The van der Waals surface area contributed by atoms with E-state index in [2.05, 4.69) is 0 Å². The molecule has 7 nitrogen and oxygen atoms in total. The molecule has 2 aromatic carbocycles. The number of carbonyl (C=O) groups is 3. The number of aliphatic hydroxyl groups is 1. The first kappa shape index (κ1) is 27.1. The lowest BCUT2D eigenvalue weighted by atomic mass is 9.74. The van der Waals surface area contributed by atoms with E-state index in [4.69, 9.17) is 11.6 Å². The van der Waals surface area contributed by atoms with Crippen molar-refractivity contribution >= 4 is 52.5 Å². The highest BCUT2D eigenvalue weighted by Gasteiger charge is 2.74. The highest BCUT2D eigenvalue weighted by atomic mass is 35.5. The maximum absolute atomic E-state index is 14.6. The molecule has 6 atom stereocenters. The standard InChI is InChI=1S/C31H32ClN3O4S/c1-3-20(19-36)35-26-29(39)34(23-14-8-7-13-22(23)32)18-10-16-31(26)25(28(35)38)24-27(37)33(21-11-5-4-6-12-21)17-9-15-30(24,2)40-31/h4-16,20,24-26,36H,3,17-19H2,1-2H3/t20-,24+,25-,26?,30-,31-/m0/s1. The average molecular weight is 578 g/mol. The van der Waals surface area contributed by atoms with Crippen molar-refractivity contribution in [2.24, 2.45) is 11.8 Å². The number of nitrogens with zero attached hydrogens (tertiary/aromatic N) is 3. The first-order valence-electron chi connectivity index (χ1n) is 13.7. The minimum absolute atomic E-state index is 0.132. The van der Waals surface area contributed by atoms with Gasteiger partial charge in [0.05, 0.1) is 39.9 Å². The van der Waals surface area contributed by atoms with Gasteiger partial charge >= 0.3 is 0 Å². The Bertz CT molecular complexity index is 1410. The minimum atomic E-state index is -0.994. The second-order valence-electron chi connectivity index (χ2n) is 11.0. The topological polar surface area (TPSA) is 81.2 Å². The van der Waals surface area contributed by atoms with E-state index >= 15 is 0 Å². The molecule has 0 aliphatic carbocycles. The molecule has 2 aromatic rings. The number of rotatable bonds is 5. The summed E-state index contributed by atoms with van der Waals surface area (Å²) in [4.78, 5) is 48.5. The van der Waals surface area contributed by atoms with Crippen LogP contribution in [0.1, 0.15) is 20.3 Å². The Morgan fingerprint density at radius 2 is 1.60 bits per heavy atom. The lowest BCUT2D eigenvalue weighted by molar-refractivity contribution is -0.142. The van der Waals surface area contributed by atoms with Crippen molar-refractivity contribution in [2.45, 2.75) is 41.8 Å². The molecular weight excluding hydrogens is 546 g/mol. The zero-order valence-corrected chi connectivity index (χ0v) is 24.0. The van der Waals surface area contributed by atoms with Crippen LogP contribution in [0.2, 0.25) is 5.02 Å². The molecule has 2 fully saturated rings. The minimum Gasteiger partial charge on any atom is -0.394 e. The summed E-state index contributed by atoms with van der Waals surface area (Å²) >= 11 is 8.07. The molecule has 4 heterocycles. The molecule has 0 bridgehead atoms. The molecule has 3 amide bonds. The lowest BCUT2D eigenvalue weighted by Gasteiger charge is -2.39. The summed E-state index contributed by atoms with van der Waals surface area (Å²) in [5.41, 5.74) is 1.34. The van der Waals surface area contributed by atoms with Gasteiger partial charge in [-0.25, -0.2) is 0 Å². The van der Waals surface area contributed by atoms with Gasteiger partial charge in [0.15, 0.2) is 0 Å². The maximum atomic E-state index is 14.6. The Balaban J connectivity index is 1.51. The number of hydrogen-bond acceptors (Lipinski definition) is 5. The van der Waals surface area contributed by atoms with Crippen molar-refractivity contribution in [1.29, 1.82) is 0 Å². The number of halogens is 1. The molecule has 1 unspecified atom stereocenters. The first-order chi connectivity index (χ1) is 19.3. The maximum Gasteiger partial charge on any atom is 0.251 e. The summed E-state index contributed by atoms with van der Waals surface area (Å²) in [5, 5.41) is 10.8. The second kappa shape index (κ2) is 10.1. The molecule has 0 aromatic heterocycles. The molecule has 6 rings (SSSR count). The zero-order chi connectivity index (χ0) is 28.2. The van der Waals surface area contributed by atoms with Crippen LogP contribution in [0.15, 0.2) is 78.9 Å². The third-order valence-electron chi connectivity index (χ3n) is 8.78. The van der Waals surface area contributed by atoms with E-state index in [-0.39, 0.29) is 30.9 Å². The third kappa shape index (κ3) is 3.87. The summed E-state index contributed by atoms with van der Waals surface area (Å²) in [5.74, 6) is -2.13. The molecule has 9 heteroatoms. The molecule has 4 aliphatic rings. The quantitative estimate of drug-likeness (QED) is 0.536. The number of likely N-dealkylation sites (tertiary alicyclic amines) is 1. The molecule has 0 radical (unpaired) electrons.